The molecule has 2 heterocycles. The number of carbonyl (C=O) groups is 1. The minimum Gasteiger partial charge on any atom is -0.444 e. The van der Waals surface area contributed by atoms with Crippen molar-refractivity contribution in [2.45, 2.75) is 26.4 Å². The minimum absolute atomic E-state index is 0.250. The number of aromatic nitrogens is 1. The van der Waals surface area contributed by atoms with Crippen LogP contribution in [0.3, 0.4) is 0 Å². The molecule has 0 aromatic carbocycles. The van der Waals surface area contributed by atoms with Crippen molar-refractivity contribution in [1.82, 2.24) is 9.88 Å². The molecular formula is C16H22BrN3O2. The van der Waals surface area contributed by atoms with E-state index in [9.17, 15) is 4.79 Å². The van der Waals surface area contributed by atoms with Crippen molar-refractivity contribution < 1.29 is 9.53 Å². The summed E-state index contributed by atoms with van der Waals surface area (Å²) in [5.41, 5.74) is 0.525. The predicted octanol–water partition coefficient (Wildman–Crippen LogP) is 3.54. The van der Waals surface area contributed by atoms with Gasteiger partial charge >= 0.3 is 6.09 Å². The maximum atomic E-state index is 12.1. The van der Waals surface area contributed by atoms with Crippen molar-refractivity contribution in [3.8, 4) is 0 Å². The number of piperazine rings is 1. The second-order valence-electron chi connectivity index (χ2n) is 6.22. The molecule has 120 valence electrons. The third-order valence-electron chi connectivity index (χ3n) is 3.31. The fraction of sp³-hybridized carbons (Fsp3) is 0.500. The topological polar surface area (TPSA) is 45.7 Å². The Bertz CT molecular complexity index is 561. The lowest BCUT2D eigenvalue weighted by Crippen LogP contribution is -2.50. The van der Waals surface area contributed by atoms with Crippen LogP contribution in [0.15, 0.2) is 23.3 Å². The lowest BCUT2D eigenvalue weighted by Gasteiger charge is -2.36. The van der Waals surface area contributed by atoms with E-state index in [2.05, 4.69) is 32.4 Å². The first-order chi connectivity index (χ1) is 10.3. The fourth-order valence-electron chi connectivity index (χ4n) is 2.29. The Labute approximate surface area is 140 Å². The summed E-state index contributed by atoms with van der Waals surface area (Å²) >= 11 is 3.42. The molecule has 1 aromatic heterocycles. The SMILES string of the molecule is C=Cc1cc(Br)cnc1N1CCN(C(=O)OC(C)(C)C)CC1. The van der Waals surface area contributed by atoms with E-state index in [1.54, 1.807) is 17.2 Å². The number of halogens is 1. The molecule has 22 heavy (non-hydrogen) atoms. The van der Waals surface area contributed by atoms with Gasteiger partial charge in [-0.2, -0.15) is 0 Å². The van der Waals surface area contributed by atoms with Crippen LogP contribution in [0.5, 0.6) is 0 Å². The van der Waals surface area contributed by atoms with Gasteiger partial charge in [0.1, 0.15) is 11.4 Å². The quantitative estimate of drug-likeness (QED) is 0.801. The van der Waals surface area contributed by atoms with Gasteiger partial charge in [0.15, 0.2) is 0 Å². The molecule has 2 rings (SSSR count). The summed E-state index contributed by atoms with van der Waals surface area (Å²) in [5.74, 6) is 0.905. The van der Waals surface area contributed by atoms with Crippen LogP contribution in [0.1, 0.15) is 26.3 Å². The number of pyridine rings is 1. The summed E-state index contributed by atoms with van der Waals surface area (Å²) < 4.78 is 6.34. The van der Waals surface area contributed by atoms with Gasteiger partial charge in [0.05, 0.1) is 0 Å². The van der Waals surface area contributed by atoms with Crippen molar-refractivity contribution in [2.75, 3.05) is 31.1 Å². The van der Waals surface area contributed by atoms with Crippen molar-refractivity contribution >= 4 is 33.9 Å². The predicted molar refractivity (Wildman–Crippen MR) is 92.0 cm³/mol. The average molecular weight is 368 g/mol. The molecule has 0 aliphatic carbocycles. The highest BCUT2D eigenvalue weighted by Gasteiger charge is 2.26. The summed E-state index contributed by atoms with van der Waals surface area (Å²) in [6, 6.07) is 2.00. The number of anilines is 1. The summed E-state index contributed by atoms with van der Waals surface area (Å²) in [6.45, 7) is 12.2. The molecule has 0 N–H and O–H groups in total. The van der Waals surface area contributed by atoms with E-state index in [1.165, 1.54) is 0 Å². The van der Waals surface area contributed by atoms with Gasteiger partial charge in [-0.25, -0.2) is 9.78 Å². The molecule has 0 atom stereocenters. The van der Waals surface area contributed by atoms with Crippen molar-refractivity contribution in [3.63, 3.8) is 0 Å². The third kappa shape index (κ3) is 4.22. The smallest absolute Gasteiger partial charge is 0.410 e. The lowest BCUT2D eigenvalue weighted by molar-refractivity contribution is 0.0240. The molecule has 1 aliphatic heterocycles. The van der Waals surface area contributed by atoms with E-state index in [0.717, 1.165) is 28.9 Å². The average Bonchev–Trinajstić information content (AvgIpc) is 2.45. The third-order valence-corrected chi connectivity index (χ3v) is 3.75. The first-order valence-corrected chi connectivity index (χ1v) is 8.10. The Kier molecular flexibility index (Phi) is 5.11. The van der Waals surface area contributed by atoms with Gasteiger partial charge in [-0.1, -0.05) is 12.7 Å². The van der Waals surface area contributed by atoms with E-state index < -0.39 is 5.60 Å². The molecule has 1 saturated heterocycles. The molecule has 5 nitrogen and oxygen atoms in total. The molecule has 1 fully saturated rings. The monoisotopic (exact) mass is 367 g/mol. The van der Waals surface area contributed by atoms with Crippen molar-refractivity contribution in [1.29, 1.82) is 0 Å². The Balaban J connectivity index is 2.01. The molecule has 0 unspecified atom stereocenters. The molecule has 6 heteroatoms. The zero-order valence-electron chi connectivity index (χ0n) is 13.3. The van der Waals surface area contributed by atoms with Crippen LogP contribution >= 0.6 is 15.9 Å². The number of ether oxygens (including phenoxy) is 1. The zero-order valence-corrected chi connectivity index (χ0v) is 14.9. The molecular weight excluding hydrogens is 346 g/mol. The van der Waals surface area contributed by atoms with Crippen LogP contribution in [0.25, 0.3) is 6.08 Å². The van der Waals surface area contributed by atoms with Crippen LogP contribution in [-0.2, 0) is 4.74 Å². The van der Waals surface area contributed by atoms with E-state index in [-0.39, 0.29) is 6.09 Å². The second-order valence-corrected chi connectivity index (χ2v) is 7.14. The van der Waals surface area contributed by atoms with Gasteiger partial charge in [0, 0.05) is 42.4 Å². The molecule has 0 radical (unpaired) electrons. The maximum Gasteiger partial charge on any atom is 0.410 e. The number of carbonyl (C=O) groups excluding carboxylic acids is 1. The molecule has 0 bridgehead atoms. The summed E-state index contributed by atoms with van der Waals surface area (Å²) in [5, 5.41) is 0. The zero-order chi connectivity index (χ0) is 16.3. The Morgan fingerprint density at radius 1 is 1.36 bits per heavy atom. The summed E-state index contributed by atoms with van der Waals surface area (Å²) in [4.78, 5) is 20.5. The Morgan fingerprint density at radius 2 is 2.00 bits per heavy atom. The Morgan fingerprint density at radius 3 is 2.55 bits per heavy atom. The number of hydrogen-bond donors (Lipinski definition) is 0. The fourth-order valence-corrected chi connectivity index (χ4v) is 2.64. The summed E-state index contributed by atoms with van der Waals surface area (Å²) in [6.07, 6.45) is 3.33. The van der Waals surface area contributed by atoms with Crippen molar-refractivity contribution in [2.24, 2.45) is 0 Å². The van der Waals surface area contributed by atoms with Gasteiger partial charge in [0.2, 0.25) is 0 Å². The van der Waals surface area contributed by atoms with Gasteiger partial charge in [-0.3, -0.25) is 0 Å². The lowest BCUT2D eigenvalue weighted by atomic mass is 10.2. The van der Waals surface area contributed by atoms with Crippen LogP contribution in [0.4, 0.5) is 10.6 Å². The van der Waals surface area contributed by atoms with Crippen LogP contribution in [0.2, 0.25) is 0 Å². The van der Waals surface area contributed by atoms with Crippen LogP contribution in [-0.4, -0.2) is 47.8 Å². The first-order valence-electron chi connectivity index (χ1n) is 7.31. The van der Waals surface area contributed by atoms with Gasteiger partial charge < -0.3 is 14.5 Å². The van der Waals surface area contributed by atoms with E-state index in [1.807, 2.05) is 26.8 Å². The second kappa shape index (κ2) is 6.69. The maximum absolute atomic E-state index is 12.1. The molecule has 0 spiro atoms. The largest absolute Gasteiger partial charge is 0.444 e. The van der Waals surface area contributed by atoms with Gasteiger partial charge in [-0.15, -0.1) is 0 Å². The first kappa shape index (κ1) is 16.8. The summed E-state index contributed by atoms with van der Waals surface area (Å²) in [7, 11) is 0. The highest BCUT2D eigenvalue weighted by molar-refractivity contribution is 9.10. The number of hydrogen-bond acceptors (Lipinski definition) is 4. The van der Waals surface area contributed by atoms with Crippen LogP contribution in [0, 0.1) is 0 Å². The highest BCUT2D eigenvalue weighted by Crippen LogP contribution is 2.24. The highest BCUT2D eigenvalue weighted by atomic mass is 79.9. The van der Waals surface area contributed by atoms with Crippen LogP contribution < -0.4 is 4.90 Å². The number of amides is 1. The van der Waals surface area contributed by atoms with E-state index in [4.69, 9.17) is 4.74 Å². The normalized spacial score (nSPS) is 15.6. The van der Waals surface area contributed by atoms with E-state index >= 15 is 0 Å². The van der Waals surface area contributed by atoms with E-state index in [0.29, 0.717) is 13.1 Å². The molecule has 1 amide bonds. The Hall–Kier alpha value is -1.56. The standard InChI is InChI=1S/C16H22BrN3O2/c1-5-12-10-13(17)11-18-14(12)19-6-8-20(9-7-19)15(21)22-16(2,3)4/h5,10-11H,1,6-9H2,2-4H3. The molecule has 1 aliphatic rings. The molecule has 0 saturated carbocycles. The number of nitrogens with zero attached hydrogens (tertiary/aromatic N) is 3. The minimum atomic E-state index is -0.461. The number of rotatable bonds is 2. The van der Waals surface area contributed by atoms with Gasteiger partial charge in [0.25, 0.3) is 0 Å². The van der Waals surface area contributed by atoms with Crippen molar-refractivity contribution in [3.05, 3.63) is 28.9 Å². The van der Waals surface area contributed by atoms with Gasteiger partial charge in [-0.05, 0) is 42.8 Å². The molecule has 1 aromatic rings.